The van der Waals surface area contributed by atoms with Crippen LogP contribution in [0.2, 0.25) is 0 Å². The highest BCUT2D eigenvalue weighted by Gasteiger charge is 2.26. The Kier molecular flexibility index (Phi) is 4.77. The lowest BCUT2D eigenvalue weighted by molar-refractivity contribution is 0.0678. The Morgan fingerprint density at radius 1 is 1.25 bits per heavy atom. The second-order valence-electron chi connectivity index (χ2n) is 5.60. The first-order valence-corrected chi connectivity index (χ1v) is 8.44. The quantitative estimate of drug-likeness (QED) is 0.846. The monoisotopic (exact) mass is 346 g/mol. The third kappa shape index (κ3) is 3.55. The van der Waals surface area contributed by atoms with Crippen LogP contribution in [0.25, 0.3) is 0 Å². The van der Waals surface area contributed by atoms with Gasteiger partial charge in [-0.25, -0.2) is 4.98 Å². The van der Waals surface area contributed by atoms with Crippen LogP contribution in [0.1, 0.15) is 20.0 Å². The van der Waals surface area contributed by atoms with Crippen LogP contribution in [0.4, 0.5) is 5.82 Å². The predicted molar refractivity (Wildman–Crippen MR) is 91.2 cm³/mol. The number of hydrogen-bond donors (Lipinski definition) is 2. The van der Waals surface area contributed by atoms with E-state index in [0.29, 0.717) is 35.9 Å². The van der Waals surface area contributed by atoms with Crippen molar-refractivity contribution >= 4 is 29.0 Å². The number of aliphatic hydroxyl groups excluding tert-OH is 1. The Bertz CT molecular complexity index is 717. The highest BCUT2D eigenvalue weighted by Crippen LogP contribution is 2.17. The summed E-state index contributed by atoms with van der Waals surface area (Å²) in [5.74, 6) is 0.0464. The normalized spacial score (nSPS) is 18.3. The molecule has 0 aliphatic carbocycles. The minimum absolute atomic E-state index is 0.0667. The van der Waals surface area contributed by atoms with Crippen molar-refractivity contribution in [3.05, 3.63) is 46.3 Å². The number of nitrogens with two attached hydrogens (primary N) is 1. The summed E-state index contributed by atoms with van der Waals surface area (Å²) in [7, 11) is 0. The first kappa shape index (κ1) is 16.4. The summed E-state index contributed by atoms with van der Waals surface area (Å²) in [4.78, 5) is 32.0. The van der Waals surface area contributed by atoms with Gasteiger partial charge in [0.2, 0.25) is 5.91 Å². The number of primary amides is 1. The lowest BCUT2D eigenvalue weighted by Gasteiger charge is -2.22. The zero-order valence-electron chi connectivity index (χ0n) is 13.0. The number of aliphatic hydroxyl groups is 1. The van der Waals surface area contributed by atoms with Crippen molar-refractivity contribution in [3.8, 4) is 0 Å². The minimum Gasteiger partial charge on any atom is -0.389 e. The molecular formula is C16H18N4O3S. The molecule has 1 fully saturated rings. The molecule has 1 atom stereocenters. The molecule has 3 heterocycles. The van der Waals surface area contributed by atoms with Crippen molar-refractivity contribution in [2.45, 2.75) is 6.10 Å². The van der Waals surface area contributed by atoms with Crippen LogP contribution in [-0.4, -0.2) is 59.1 Å². The first-order valence-electron chi connectivity index (χ1n) is 7.56. The van der Waals surface area contributed by atoms with Crippen molar-refractivity contribution < 1.29 is 14.7 Å². The van der Waals surface area contributed by atoms with Crippen LogP contribution >= 0.6 is 11.3 Å². The Labute approximate surface area is 143 Å². The molecule has 2 aromatic rings. The number of β-amino-alcohol motifs (C(OH)–C–C–N with tert-alkyl or cyclic N) is 1. The summed E-state index contributed by atoms with van der Waals surface area (Å²) in [6.07, 6.45) is 0.748. The zero-order chi connectivity index (χ0) is 17.1. The summed E-state index contributed by atoms with van der Waals surface area (Å²) in [5.41, 5.74) is 5.55. The second-order valence-corrected chi connectivity index (χ2v) is 6.55. The van der Waals surface area contributed by atoms with Crippen molar-refractivity contribution in [2.24, 2.45) is 5.73 Å². The zero-order valence-corrected chi connectivity index (χ0v) is 13.8. The number of thiophene rings is 1. The molecule has 0 aromatic carbocycles. The molecule has 126 valence electrons. The van der Waals surface area contributed by atoms with Gasteiger partial charge in [-0.2, -0.15) is 0 Å². The van der Waals surface area contributed by atoms with E-state index in [1.165, 1.54) is 17.5 Å². The van der Waals surface area contributed by atoms with Gasteiger partial charge in [0.1, 0.15) is 5.82 Å². The molecule has 1 aliphatic heterocycles. The molecule has 0 radical (unpaired) electrons. The summed E-state index contributed by atoms with van der Waals surface area (Å²) in [5, 5.41) is 12.1. The molecule has 0 unspecified atom stereocenters. The van der Waals surface area contributed by atoms with E-state index in [1.807, 2.05) is 16.3 Å². The van der Waals surface area contributed by atoms with Gasteiger partial charge in [0.25, 0.3) is 5.91 Å². The van der Waals surface area contributed by atoms with E-state index in [-0.39, 0.29) is 12.5 Å². The standard InChI is InChI=1S/C16H18N4O3S/c17-15(22)11-3-4-14(18-8-11)19-5-6-20(10-12(21)9-19)16(23)13-2-1-7-24-13/h1-4,7-8,12,21H,5-6,9-10H2,(H2,17,22)/t12-/m0/s1. The molecule has 1 aliphatic rings. The SMILES string of the molecule is NC(=O)c1ccc(N2CCN(C(=O)c3cccs3)C[C@@H](O)C2)nc1. The molecule has 3 rings (SSSR count). The average molecular weight is 346 g/mol. The molecule has 8 heteroatoms. The minimum atomic E-state index is -0.672. The number of carbonyl (C=O) groups is 2. The van der Waals surface area contributed by atoms with Gasteiger partial charge in [0, 0.05) is 32.4 Å². The van der Waals surface area contributed by atoms with Crippen LogP contribution in [0.15, 0.2) is 35.8 Å². The van der Waals surface area contributed by atoms with Crippen LogP contribution in [-0.2, 0) is 0 Å². The number of hydrogen-bond acceptors (Lipinski definition) is 6. The molecule has 0 saturated carbocycles. The Balaban J connectivity index is 1.72. The van der Waals surface area contributed by atoms with E-state index < -0.39 is 12.0 Å². The average Bonchev–Trinajstić information content (AvgIpc) is 3.04. The van der Waals surface area contributed by atoms with Gasteiger partial charge in [-0.3, -0.25) is 9.59 Å². The van der Waals surface area contributed by atoms with E-state index in [0.717, 1.165) is 0 Å². The van der Waals surface area contributed by atoms with Gasteiger partial charge >= 0.3 is 0 Å². The maximum absolute atomic E-state index is 12.5. The highest BCUT2D eigenvalue weighted by atomic mass is 32.1. The number of carbonyl (C=O) groups excluding carboxylic acids is 2. The van der Waals surface area contributed by atoms with Gasteiger partial charge < -0.3 is 20.6 Å². The third-order valence-corrected chi connectivity index (χ3v) is 4.74. The molecule has 1 saturated heterocycles. The van der Waals surface area contributed by atoms with Crippen LogP contribution < -0.4 is 10.6 Å². The van der Waals surface area contributed by atoms with Gasteiger partial charge in [-0.1, -0.05) is 6.07 Å². The number of nitrogens with zero attached hydrogens (tertiary/aromatic N) is 3. The van der Waals surface area contributed by atoms with Crippen LogP contribution in [0.3, 0.4) is 0 Å². The third-order valence-electron chi connectivity index (χ3n) is 3.88. The maximum Gasteiger partial charge on any atom is 0.264 e. The van der Waals surface area contributed by atoms with Crippen LogP contribution in [0.5, 0.6) is 0 Å². The predicted octanol–water partition coefficient (Wildman–Crippen LogP) is 0.565. The number of aromatic nitrogens is 1. The van der Waals surface area contributed by atoms with Crippen LogP contribution in [0, 0.1) is 0 Å². The van der Waals surface area contributed by atoms with E-state index >= 15 is 0 Å². The molecule has 3 N–H and O–H groups in total. The lowest BCUT2D eigenvalue weighted by Crippen LogP contribution is -2.37. The summed E-state index contributed by atoms with van der Waals surface area (Å²) < 4.78 is 0. The smallest absolute Gasteiger partial charge is 0.264 e. The first-order chi connectivity index (χ1) is 11.5. The largest absolute Gasteiger partial charge is 0.389 e. The molecule has 0 spiro atoms. The van der Waals surface area contributed by atoms with Gasteiger partial charge in [0.15, 0.2) is 0 Å². The molecular weight excluding hydrogens is 328 g/mol. The second kappa shape index (κ2) is 6.98. The maximum atomic E-state index is 12.5. The summed E-state index contributed by atoms with van der Waals surface area (Å²) in [6, 6.07) is 6.93. The number of rotatable bonds is 3. The fourth-order valence-electron chi connectivity index (χ4n) is 2.66. The summed E-state index contributed by atoms with van der Waals surface area (Å²) in [6.45, 7) is 1.70. The Morgan fingerprint density at radius 2 is 2.08 bits per heavy atom. The fraction of sp³-hybridized carbons (Fsp3) is 0.312. The van der Waals surface area contributed by atoms with E-state index in [4.69, 9.17) is 5.73 Å². The summed E-state index contributed by atoms with van der Waals surface area (Å²) >= 11 is 1.39. The van der Waals surface area contributed by atoms with Crippen molar-refractivity contribution in [1.29, 1.82) is 0 Å². The molecule has 2 aromatic heterocycles. The fourth-order valence-corrected chi connectivity index (χ4v) is 3.35. The van der Waals surface area contributed by atoms with Crippen molar-refractivity contribution in [2.75, 3.05) is 31.1 Å². The number of pyridine rings is 1. The number of amides is 2. The molecule has 2 amide bonds. The van der Waals surface area contributed by atoms with Gasteiger partial charge in [0.05, 0.1) is 16.5 Å². The lowest BCUT2D eigenvalue weighted by atomic mass is 10.2. The van der Waals surface area contributed by atoms with Gasteiger partial charge in [-0.05, 0) is 23.6 Å². The Morgan fingerprint density at radius 3 is 2.71 bits per heavy atom. The van der Waals surface area contributed by atoms with Crippen molar-refractivity contribution in [1.82, 2.24) is 9.88 Å². The van der Waals surface area contributed by atoms with E-state index in [9.17, 15) is 14.7 Å². The Hall–Kier alpha value is -2.45. The van der Waals surface area contributed by atoms with Crippen molar-refractivity contribution in [3.63, 3.8) is 0 Å². The highest BCUT2D eigenvalue weighted by molar-refractivity contribution is 7.12. The molecule has 0 bridgehead atoms. The van der Waals surface area contributed by atoms with E-state index in [2.05, 4.69) is 4.98 Å². The molecule has 24 heavy (non-hydrogen) atoms. The molecule has 7 nitrogen and oxygen atoms in total. The topological polar surface area (TPSA) is 99.8 Å². The van der Waals surface area contributed by atoms with E-state index in [1.54, 1.807) is 23.1 Å². The van der Waals surface area contributed by atoms with Gasteiger partial charge in [-0.15, -0.1) is 11.3 Å². The number of anilines is 1.